The molecular weight excluding hydrogens is 204 g/mol. The second-order valence-electron chi connectivity index (χ2n) is 4.44. The first-order valence-corrected chi connectivity index (χ1v) is 6.02. The molecule has 90 valence electrons. The van der Waals surface area contributed by atoms with Gasteiger partial charge in [-0.15, -0.1) is 0 Å². The number of hydrogen-bond acceptors (Lipinski definition) is 5. The molecule has 5 nitrogen and oxygen atoms in total. The standard InChI is InChI=1S/C11H20N4O/c1-8(12-2)7-10-14-11(15-16-10)9-5-3-4-6-13-9/h8-9,12-13H,3-7H2,1-2H3. The van der Waals surface area contributed by atoms with Crippen molar-refractivity contribution in [2.24, 2.45) is 0 Å². The largest absolute Gasteiger partial charge is 0.339 e. The molecule has 0 spiro atoms. The third kappa shape index (κ3) is 2.80. The predicted octanol–water partition coefficient (Wildman–Crippen LogP) is 1.03. The lowest BCUT2D eigenvalue weighted by atomic mass is 10.0. The van der Waals surface area contributed by atoms with Crippen molar-refractivity contribution in [2.45, 2.75) is 44.7 Å². The van der Waals surface area contributed by atoms with Gasteiger partial charge in [0.05, 0.1) is 6.04 Å². The highest BCUT2D eigenvalue weighted by Gasteiger charge is 2.20. The second kappa shape index (κ2) is 5.41. The lowest BCUT2D eigenvalue weighted by Gasteiger charge is -2.19. The maximum atomic E-state index is 5.25. The summed E-state index contributed by atoms with van der Waals surface area (Å²) in [5, 5.41) is 10.6. The van der Waals surface area contributed by atoms with Crippen molar-refractivity contribution in [3.8, 4) is 0 Å². The van der Waals surface area contributed by atoms with Gasteiger partial charge in [0, 0.05) is 12.5 Å². The fourth-order valence-electron chi connectivity index (χ4n) is 1.93. The van der Waals surface area contributed by atoms with Gasteiger partial charge in [0.25, 0.3) is 0 Å². The molecule has 1 aliphatic rings. The van der Waals surface area contributed by atoms with Crippen molar-refractivity contribution in [3.63, 3.8) is 0 Å². The SMILES string of the molecule is CNC(C)Cc1nc(C2CCCCN2)no1. The van der Waals surface area contributed by atoms with E-state index in [-0.39, 0.29) is 6.04 Å². The van der Waals surface area contributed by atoms with Crippen LogP contribution in [0.15, 0.2) is 4.52 Å². The Bertz CT molecular complexity index is 320. The van der Waals surface area contributed by atoms with Gasteiger partial charge in [0.2, 0.25) is 5.89 Å². The Hall–Kier alpha value is -0.940. The average molecular weight is 224 g/mol. The van der Waals surface area contributed by atoms with Crippen molar-refractivity contribution in [3.05, 3.63) is 11.7 Å². The Morgan fingerprint density at radius 3 is 3.12 bits per heavy atom. The molecule has 5 heteroatoms. The molecule has 2 N–H and O–H groups in total. The Morgan fingerprint density at radius 2 is 2.44 bits per heavy atom. The van der Waals surface area contributed by atoms with E-state index in [1.807, 2.05) is 7.05 Å². The zero-order valence-corrected chi connectivity index (χ0v) is 9.99. The van der Waals surface area contributed by atoms with Crippen LogP contribution in [0.1, 0.15) is 43.9 Å². The maximum Gasteiger partial charge on any atom is 0.228 e. The summed E-state index contributed by atoms with van der Waals surface area (Å²) >= 11 is 0. The van der Waals surface area contributed by atoms with Crippen LogP contribution in [0.2, 0.25) is 0 Å². The van der Waals surface area contributed by atoms with E-state index in [2.05, 4.69) is 27.7 Å². The van der Waals surface area contributed by atoms with Gasteiger partial charge in [-0.25, -0.2) is 0 Å². The summed E-state index contributed by atoms with van der Waals surface area (Å²) in [6.07, 6.45) is 4.39. The van der Waals surface area contributed by atoms with Crippen molar-refractivity contribution < 1.29 is 4.52 Å². The van der Waals surface area contributed by atoms with Gasteiger partial charge < -0.3 is 15.2 Å². The summed E-state index contributed by atoms with van der Waals surface area (Å²) in [7, 11) is 1.94. The smallest absolute Gasteiger partial charge is 0.228 e. The van der Waals surface area contributed by atoms with Crippen LogP contribution >= 0.6 is 0 Å². The summed E-state index contributed by atoms with van der Waals surface area (Å²) < 4.78 is 5.25. The molecule has 0 saturated carbocycles. The molecule has 1 aromatic rings. The summed E-state index contributed by atoms with van der Waals surface area (Å²) in [5.74, 6) is 1.54. The molecule has 2 rings (SSSR count). The van der Waals surface area contributed by atoms with E-state index in [1.54, 1.807) is 0 Å². The van der Waals surface area contributed by atoms with Crippen molar-refractivity contribution in [2.75, 3.05) is 13.6 Å². The van der Waals surface area contributed by atoms with E-state index in [1.165, 1.54) is 12.8 Å². The van der Waals surface area contributed by atoms with E-state index < -0.39 is 0 Å². The van der Waals surface area contributed by atoms with Gasteiger partial charge in [-0.1, -0.05) is 11.6 Å². The normalized spacial score (nSPS) is 23.2. The lowest BCUT2D eigenvalue weighted by molar-refractivity contribution is 0.342. The highest BCUT2D eigenvalue weighted by Crippen LogP contribution is 2.20. The molecule has 0 radical (unpaired) electrons. The summed E-state index contributed by atoms with van der Waals surface area (Å²) in [5.41, 5.74) is 0. The van der Waals surface area contributed by atoms with Gasteiger partial charge in [-0.05, 0) is 33.4 Å². The first-order valence-electron chi connectivity index (χ1n) is 6.02. The topological polar surface area (TPSA) is 63.0 Å². The number of aromatic nitrogens is 2. The number of rotatable bonds is 4. The Labute approximate surface area is 96.0 Å². The minimum atomic E-state index is 0.288. The monoisotopic (exact) mass is 224 g/mol. The first kappa shape index (κ1) is 11.5. The molecule has 0 aliphatic carbocycles. The summed E-state index contributed by atoms with van der Waals surface area (Å²) in [4.78, 5) is 4.44. The molecule has 2 heterocycles. The van der Waals surface area contributed by atoms with Crippen LogP contribution in [0.3, 0.4) is 0 Å². The highest BCUT2D eigenvalue weighted by atomic mass is 16.5. The number of nitrogens with zero attached hydrogens (tertiary/aromatic N) is 2. The van der Waals surface area contributed by atoms with Crippen LogP contribution in [0.4, 0.5) is 0 Å². The second-order valence-corrected chi connectivity index (χ2v) is 4.44. The third-order valence-corrected chi connectivity index (χ3v) is 3.08. The summed E-state index contributed by atoms with van der Waals surface area (Å²) in [6, 6.07) is 0.656. The van der Waals surface area contributed by atoms with Crippen LogP contribution in [0, 0.1) is 0 Å². The fourth-order valence-corrected chi connectivity index (χ4v) is 1.93. The fraction of sp³-hybridized carbons (Fsp3) is 0.818. The van der Waals surface area contributed by atoms with Crippen molar-refractivity contribution >= 4 is 0 Å². The molecule has 16 heavy (non-hydrogen) atoms. The van der Waals surface area contributed by atoms with Crippen LogP contribution in [-0.2, 0) is 6.42 Å². The Kier molecular flexibility index (Phi) is 3.90. The van der Waals surface area contributed by atoms with Gasteiger partial charge >= 0.3 is 0 Å². The zero-order chi connectivity index (χ0) is 11.4. The molecule has 2 atom stereocenters. The number of piperidine rings is 1. The molecule has 1 aliphatic heterocycles. The highest BCUT2D eigenvalue weighted by molar-refractivity contribution is 4.96. The quantitative estimate of drug-likeness (QED) is 0.800. The minimum Gasteiger partial charge on any atom is -0.339 e. The Morgan fingerprint density at radius 1 is 1.56 bits per heavy atom. The van der Waals surface area contributed by atoms with Crippen molar-refractivity contribution in [1.82, 2.24) is 20.8 Å². The van der Waals surface area contributed by atoms with Crippen LogP contribution in [0.5, 0.6) is 0 Å². The third-order valence-electron chi connectivity index (χ3n) is 3.08. The van der Waals surface area contributed by atoms with E-state index in [9.17, 15) is 0 Å². The molecule has 0 amide bonds. The zero-order valence-electron chi connectivity index (χ0n) is 9.99. The van der Waals surface area contributed by atoms with E-state index in [4.69, 9.17) is 4.52 Å². The number of nitrogens with one attached hydrogen (secondary N) is 2. The molecule has 2 unspecified atom stereocenters. The van der Waals surface area contributed by atoms with Gasteiger partial charge in [-0.3, -0.25) is 0 Å². The number of hydrogen-bond donors (Lipinski definition) is 2. The van der Waals surface area contributed by atoms with Gasteiger partial charge in [0.15, 0.2) is 5.82 Å². The first-order chi connectivity index (χ1) is 7.79. The van der Waals surface area contributed by atoms with E-state index in [0.29, 0.717) is 6.04 Å². The average Bonchev–Trinajstić information content (AvgIpc) is 2.78. The molecule has 1 aromatic heterocycles. The number of likely N-dealkylation sites (N-methyl/N-ethyl adjacent to an activating group) is 1. The van der Waals surface area contributed by atoms with E-state index >= 15 is 0 Å². The maximum absolute atomic E-state index is 5.25. The van der Waals surface area contributed by atoms with Gasteiger partial charge in [0.1, 0.15) is 0 Å². The Balaban J connectivity index is 1.95. The summed E-state index contributed by atoms with van der Waals surface area (Å²) in [6.45, 7) is 3.16. The molecule has 0 bridgehead atoms. The van der Waals surface area contributed by atoms with E-state index in [0.717, 1.165) is 31.1 Å². The van der Waals surface area contributed by atoms with Crippen LogP contribution in [0.25, 0.3) is 0 Å². The van der Waals surface area contributed by atoms with Crippen molar-refractivity contribution in [1.29, 1.82) is 0 Å². The molecular formula is C11H20N4O. The molecule has 1 fully saturated rings. The van der Waals surface area contributed by atoms with Crippen LogP contribution < -0.4 is 10.6 Å². The lowest BCUT2D eigenvalue weighted by Crippen LogP contribution is -2.27. The molecule has 1 saturated heterocycles. The predicted molar refractivity (Wildman–Crippen MR) is 61.1 cm³/mol. The minimum absolute atomic E-state index is 0.288. The molecule has 0 aromatic carbocycles. The van der Waals surface area contributed by atoms with Crippen LogP contribution in [-0.4, -0.2) is 29.8 Å². The van der Waals surface area contributed by atoms with Gasteiger partial charge in [-0.2, -0.15) is 4.98 Å².